The van der Waals surface area contributed by atoms with Gasteiger partial charge in [0.15, 0.2) is 11.5 Å². The molecule has 1 atom stereocenters. The molecular weight excluding hydrogens is 370 g/mol. The fraction of sp³-hybridized carbons (Fsp3) is 0.467. The predicted molar refractivity (Wildman–Crippen MR) is 86.3 cm³/mol. The Hall–Kier alpha value is -1.96. The number of carbonyl (C=O) groups is 2. The van der Waals surface area contributed by atoms with Gasteiger partial charge in [-0.3, -0.25) is 0 Å². The van der Waals surface area contributed by atoms with Gasteiger partial charge in [0, 0.05) is 10.9 Å². The standard InChI is InChI=1S/C15H20BrNO6/c1-15(2,3)23-14(21)17-10(13(20)22-4)5-8-6-11(18)12(19)7-9(8)16/h6-7,10,18-19H,5H2,1-4H3,(H,17,21). The zero-order valence-electron chi connectivity index (χ0n) is 13.3. The highest BCUT2D eigenvalue weighted by Gasteiger charge is 2.26. The van der Waals surface area contributed by atoms with Crippen molar-refractivity contribution in [3.63, 3.8) is 0 Å². The average molecular weight is 390 g/mol. The van der Waals surface area contributed by atoms with E-state index in [0.717, 1.165) is 0 Å². The molecule has 1 amide bonds. The van der Waals surface area contributed by atoms with Crippen LogP contribution in [0.3, 0.4) is 0 Å². The average Bonchev–Trinajstić information content (AvgIpc) is 2.40. The van der Waals surface area contributed by atoms with Crippen LogP contribution >= 0.6 is 15.9 Å². The van der Waals surface area contributed by atoms with E-state index in [1.165, 1.54) is 19.2 Å². The molecular formula is C15H20BrNO6. The maximum Gasteiger partial charge on any atom is 0.408 e. The van der Waals surface area contributed by atoms with Gasteiger partial charge in [-0.2, -0.15) is 0 Å². The molecule has 0 aliphatic rings. The Morgan fingerprint density at radius 2 is 1.83 bits per heavy atom. The second-order valence-electron chi connectivity index (χ2n) is 5.86. The number of halogens is 1. The first-order valence-corrected chi connectivity index (χ1v) is 7.60. The number of phenols is 2. The van der Waals surface area contributed by atoms with E-state index in [9.17, 15) is 19.8 Å². The summed E-state index contributed by atoms with van der Waals surface area (Å²) in [6, 6.07) is 1.59. The van der Waals surface area contributed by atoms with E-state index in [-0.39, 0.29) is 17.9 Å². The molecule has 8 heteroatoms. The molecule has 1 aromatic rings. The Morgan fingerprint density at radius 1 is 1.26 bits per heavy atom. The van der Waals surface area contributed by atoms with Crippen LogP contribution in [0.4, 0.5) is 4.79 Å². The van der Waals surface area contributed by atoms with Crippen molar-refractivity contribution in [3.05, 3.63) is 22.2 Å². The molecule has 0 saturated carbocycles. The summed E-state index contributed by atoms with van der Waals surface area (Å²) in [5, 5.41) is 21.4. The van der Waals surface area contributed by atoms with E-state index in [1.807, 2.05) is 0 Å². The first kappa shape index (κ1) is 19.1. The highest BCUT2D eigenvalue weighted by molar-refractivity contribution is 9.10. The van der Waals surface area contributed by atoms with Crippen molar-refractivity contribution < 1.29 is 29.3 Å². The van der Waals surface area contributed by atoms with Gasteiger partial charge in [-0.15, -0.1) is 0 Å². The summed E-state index contributed by atoms with van der Waals surface area (Å²) in [6.45, 7) is 5.11. The number of aromatic hydroxyl groups is 2. The largest absolute Gasteiger partial charge is 0.504 e. The number of phenolic OH excluding ortho intramolecular Hbond substituents is 2. The fourth-order valence-corrected chi connectivity index (χ4v) is 2.25. The smallest absolute Gasteiger partial charge is 0.408 e. The van der Waals surface area contributed by atoms with Crippen LogP contribution in [-0.2, 0) is 20.7 Å². The number of esters is 1. The van der Waals surface area contributed by atoms with Crippen LogP contribution in [0.1, 0.15) is 26.3 Å². The van der Waals surface area contributed by atoms with E-state index in [4.69, 9.17) is 4.74 Å². The van der Waals surface area contributed by atoms with Crippen molar-refractivity contribution in [2.75, 3.05) is 7.11 Å². The second kappa shape index (κ2) is 7.54. The number of rotatable bonds is 4. The molecule has 1 rings (SSSR count). The molecule has 0 radical (unpaired) electrons. The van der Waals surface area contributed by atoms with Crippen molar-refractivity contribution in [1.82, 2.24) is 5.32 Å². The topological polar surface area (TPSA) is 105 Å². The van der Waals surface area contributed by atoms with Gasteiger partial charge in [-0.1, -0.05) is 15.9 Å². The lowest BCUT2D eigenvalue weighted by molar-refractivity contribution is -0.143. The van der Waals surface area contributed by atoms with Crippen molar-refractivity contribution >= 4 is 28.0 Å². The van der Waals surface area contributed by atoms with Gasteiger partial charge in [0.05, 0.1) is 7.11 Å². The van der Waals surface area contributed by atoms with Gasteiger partial charge in [-0.05, 0) is 38.5 Å². The lowest BCUT2D eigenvalue weighted by Crippen LogP contribution is -2.45. The number of benzene rings is 1. The maximum absolute atomic E-state index is 11.9. The monoisotopic (exact) mass is 389 g/mol. The normalized spacial score (nSPS) is 12.4. The molecule has 0 aliphatic carbocycles. The van der Waals surface area contributed by atoms with Gasteiger partial charge in [0.1, 0.15) is 11.6 Å². The van der Waals surface area contributed by atoms with E-state index < -0.39 is 23.7 Å². The second-order valence-corrected chi connectivity index (χ2v) is 6.71. The van der Waals surface area contributed by atoms with Crippen LogP contribution < -0.4 is 5.32 Å². The number of nitrogens with one attached hydrogen (secondary N) is 1. The molecule has 0 spiro atoms. The Kier molecular flexibility index (Phi) is 6.26. The van der Waals surface area contributed by atoms with Gasteiger partial charge < -0.3 is 25.0 Å². The summed E-state index contributed by atoms with van der Waals surface area (Å²) in [7, 11) is 1.20. The van der Waals surface area contributed by atoms with E-state index in [1.54, 1.807) is 20.8 Å². The number of amides is 1. The Bertz CT molecular complexity index is 596. The first-order chi connectivity index (χ1) is 10.5. The highest BCUT2D eigenvalue weighted by atomic mass is 79.9. The molecule has 0 bridgehead atoms. The molecule has 0 heterocycles. The molecule has 0 aromatic heterocycles. The highest BCUT2D eigenvalue weighted by Crippen LogP contribution is 2.32. The van der Waals surface area contributed by atoms with Crippen LogP contribution in [0.2, 0.25) is 0 Å². The minimum atomic E-state index is -1.00. The summed E-state index contributed by atoms with van der Waals surface area (Å²) < 4.78 is 10.3. The molecule has 1 aromatic carbocycles. The lowest BCUT2D eigenvalue weighted by atomic mass is 10.1. The van der Waals surface area contributed by atoms with Gasteiger partial charge in [-0.25, -0.2) is 9.59 Å². The van der Waals surface area contributed by atoms with Gasteiger partial charge >= 0.3 is 12.1 Å². The van der Waals surface area contributed by atoms with Gasteiger partial charge in [0.25, 0.3) is 0 Å². The molecule has 7 nitrogen and oxygen atoms in total. The summed E-state index contributed by atoms with van der Waals surface area (Å²) in [5.74, 6) is -1.28. The Balaban J connectivity index is 2.94. The zero-order chi connectivity index (χ0) is 17.8. The number of alkyl carbamates (subject to hydrolysis) is 1. The summed E-state index contributed by atoms with van der Waals surface area (Å²) in [4.78, 5) is 23.7. The molecule has 0 saturated heterocycles. The number of ether oxygens (including phenoxy) is 2. The summed E-state index contributed by atoms with van der Waals surface area (Å²) >= 11 is 3.23. The van der Waals surface area contributed by atoms with Gasteiger partial charge in [0.2, 0.25) is 0 Å². The van der Waals surface area contributed by atoms with Crippen LogP contribution in [0.5, 0.6) is 11.5 Å². The summed E-state index contributed by atoms with van der Waals surface area (Å²) in [6.07, 6.45) is -0.715. The van der Waals surface area contributed by atoms with Crippen molar-refractivity contribution in [2.45, 2.75) is 38.8 Å². The molecule has 128 valence electrons. The Labute approximate surface area is 142 Å². The van der Waals surface area contributed by atoms with Crippen molar-refractivity contribution in [3.8, 4) is 11.5 Å². The summed E-state index contributed by atoms with van der Waals surface area (Å²) in [5.41, 5.74) is -0.200. The van der Waals surface area contributed by atoms with Crippen LogP contribution in [0, 0.1) is 0 Å². The molecule has 3 N–H and O–H groups in total. The SMILES string of the molecule is COC(=O)C(Cc1cc(O)c(O)cc1Br)NC(=O)OC(C)(C)C. The number of hydrogen-bond donors (Lipinski definition) is 3. The molecule has 23 heavy (non-hydrogen) atoms. The maximum atomic E-state index is 11.9. The van der Waals surface area contributed by atoms with Crippen LogP contribution in [0.25, 0.3) is 0 Å². The molecule has 0 aliphatic heterocycles. The predicted octanol–water partition coefficient (Wildman–Crippen LogP) is 2.47. The van der Waals surface area contributed by atoms with Crippen molar-refractivity contribution in [2.24, 2.45) is 0 Å². The zero-order valence-corrected chi connectivity index (χ0v) is 14.9. The molecule has 1 unspecified atom stereocenters. The first-order valence-electron chi connectivity index (χ1n) is 6.81. The number of methoxy groups -OCH3 is 1. The van der Waals surface area contributed by atoms with E-state index >= 15 is 0 Å². The van der Waals surface area contributed by atoms with Crippen molar-refractivity contribution in [1.29, 1.82) is 0 Å². The third-order valence-corrected chi connectivity index (χ3v) is 3.48. The number of hydrogen-bond acceptors (Lipinski definition) is 6. The third-order valence-electron chi connectivity index (χ3n) is 2.74. The number of carbonyl (C=O) groups excluding carboxylic acids is 2. The van der Waals surface area contributed by atoms with Crippen LogP contribution in [-0.4, -0.2) is 41.0 Å². The minimum Gasteiger partial charge on any atom is -0.504 e. The van der Waals surface area contributed by atoms with E-state index in [0.29, 0.717) is 10.0 Å². The Morgan fingerprint density at radius 3 is 2.35 bits per heavy atom. The van der Waals surface area contributed by atoms with Crippen LogP contribution in [0.15, 0.2) is 16.6 Å². The fourth-order valence-electron chi connectivity index (χ4n) is 1.76. The van der Waals surface area contributed by atoms with E-state index in [2.05, 4.69) is 26.0 Å². The quantitative estimate of drug-likeness (QED) is 0.539. The lowest BCUT2D eigenvalue weighted by Gasteiger charge is -2.23. The molecule has 0 fully saturated rings. The minimum absolute atomic E-state index is 0.0420. The third kappa shape index (κ3) is 5.97.